The number of piperidine rings is 1. The van der Waals surface area contributed by atoms with Gasteiger partial charge in [0.15, 0.2) is 0 Å². The summed E-state index contributed by atoms with van der Waals surface area (Å²) >= 11 is 0. The lowest BCUT2D eigenvalue weighted by molar-refractivity contribution is 0.0521. The molecule has 0 spiro atoms. The van der Waals surface area contributed by atoms with Crippen LogP contribution in [0.1, 0.15) is 48.0 Å². The molecule has 0 unspecified atom stereocenters. The summed E-state index contributed by atoms with van der Waals surface area (Å²) in [4.78, 5) is 18.8. The maximum absolute atomic E-state index is 12.8. The predicted molar refractivity (Wildman–Crippen MR) is 91.5 cm³/mol. The van der Waals surface area contributed by atoms with Crippen LogP contribution in [-0.2, 0) is 6.54 Å². The zero-order chi connectivity index (χ0) is 16.4. The number of carbonyl (C=O) groups is 1. The molecule has 24 heavy (non-hydrogen) atoms. The van der Waals surface area contributed by atoms with Gasteiger partial charge in [-0.3, -0.25) is 4.79 Å². The molecule has 2 heterocycles. The van der Waals surface area contributed by atoms with Crippen LogP contribution in [0.5, 0.6) is 0 Å². The molecule has 1 amide bonds. The third-order valence-corrected chi connectivity index (χ3v) is 5.59. The summed E-state index contributed by atoms with van der Waals surface area (Å²) in [5, 5.41) is 4.11. The molecule has 5 nitrogen and oxygen atoms in total. The minimum absolute atomic E-state index is 0.186. The van der Waals surface area contributed by atoms with Crippen LogP contribution >= 0.6 is 0 Å². The van der Waals surface area contributed by atoms with Gasteiger partial charge in [-0.1, -0.05) is 31.4 Å². The van der Waals surface area contributed by atoms with Crippen LogP contribution in [0, 0.1) is 11.8 Å². The van der Waals surface area contributed by atoms with Crippen molar-refractivity contribution in [3.05, 3.63) is 48.0 Å². The normalized spacial score (nSPS) is 23.8. The van der Waals surface area contributed by atoms with E-state index < -0.39 is 0 Å². The van der Waals surface area contributed by atoms with Crippen molar-refractivity contribution in [2.75, 3.05) is 13.1 Å². The van der Waals surface area contributed by atoms with E-state index in [0.717, 1.165) is 36.1 Å². The quantitative estimate of drug-likeness (QED) is 0.872. The lowest BCUT2D eigenvalue weighted by Crippen LogP contribution is -2.44. The summed E-state index contributed by atoms with van der Waals surface area (Å²) in [5.41, 5.74) is 1.93. The van der Waals surface area contributed by atoms with Gasteiger partial charge in [0.05, 0.1) is 6.54 Å². The lowest BCUT2D eigenvalue weighted by Gasteiger charge is -2.41. The number of nitrogens with zero attached hydrogens (tertiary/aromatic N) is 4. The number of hydrogen-bond acceptors (Lipinski definition) is 3. The van der Waals surface area contributed by atoms with Crippen LogP contribution in [0.2, 0.25) is 0 Å². The van der Waals surface area contributed by atoms with Gasteiger partial charge in [0.2, 0.25) is 0 Å². The molecule has 0 bridgehead atoms. The second-order valence-corrected chi connectivity index (χ2v) is 7.13. The van der Waals surface area contributed by atoms with Gasteiger partial charge >= 0.3 is 0 Å². The second kappa shape index (κ2) is 6.75. The number of hydrogen-bond donors (Lipinski definition) is 0. The number of benzene rings is 1. The smallest absolute Gasteiger partial charge is 0.253 e. The molecule has 2 atom stereocenters. The van der Waals surface area contributed by atoms with E-state index in [1.165, 1.54) is 38.4 Å². The van der Waals surface area contributed by atoms with Gasteiger partial charge in [-0.2, -0.15) is 5.10 Å². The van der Waals surface area contributed by atoms with Crippen LogP contribution in [0.4, 0.5) is 0 Å². The van der Waals surface area contributed by atoms with Crippen molar-refractivity contribution in [3.63, 3.8) is 0 Å². The van der Waals surface area contributed by atoms with Crippen LogP contribution in [0.15, 0.2) is 36.9 Å². The first-order valence-corrected chi connectivity index (χ1v) is 9.00. The Bertz CT molecular complexity index is 680. The van der Waals surface area contributed by atoms with Gasteiger partial charge in [0, 0.05) is 18.7 Å². The molecule has 1 aliphatic heterocycles. The SMILES string of the molecule is O=C(c1ccc(Cn2cncn2)cc1)N1CC[C@@H]2CCCC[C@H]2C1. The van der Waals surface area contributed by atoms with Gasteiger partial charge < -0.3 is 4.90 Å². The Labute approximate surface area is 142 Å². The van der Waals surface area contributed by atoms with Gasteiger partial charge in [-0.05, 0) is 42.4 Å². The van der Waals surface area contributed by atoms with Gasteiger partial charge in [0.25, 0.3) is 5.91 Å². The van der Waals surface area contributed by atoms with E-state index in [0.29, 0.717) is 6.54 Å². The lowest BCUT2D eigenvalue weighted by atomic mass is 9.75. The zero-order valence-electron chi connectivity index (χ0n) is 14.0. The second-order valence-electron chi connectivity index (χ2n) is 7.13. The first kappa shape index (κ1) is 15.4. The standard InChI is InChI=1S/C19H24N4O/c24-19(22-10-9-16-3-1-2-4-18(16)12-22)17-7-5-15(6-8-17)11-23-14-20-13-21-23/h5-8,13-14,16,18H,1-4,9-12H2/t16-,18-/m0/s1. The Morgan fingerprint density at radius 2 is 1.88 bits per heavy atom. The molecule has 2 fully saturated rings. The van der Waals surface area contributed by atoms with Crippen LogP contribution < -0.4 is 0 Å². The van der Waals surface area contributed by atoms with E-state index in [9.17, 15) is 4.79 Å². The summed E-state index contributed by atoms with van der Waals surface area (Å²) in [6.45, 7) is 2.55. The fourth-order valence-electron chi connectivity index (χ4n) is 4.22. The van der Waals surface area contributed by atoms with Crippen molar-refractivity contribution >= 4 is 5.91 Å². The highest BCUT2D eigenvalue weighted by atomic mass is 16.2. The average molecular weight is 324 g/mol. The van der Waals surface area contributed by atoms with Crippen LogP contribution in [-0.4, -0.2) is 38.7 Å². The maximum atomic E-state index is 12.8. The predicted octanol–water partition coefficient (Wildman–Crippen LogP) is 2.98. The fraction of sp³-hybridized carbons (Fsp3) is 0.526. The monoisotopic (exact) mass is 324 g/mol. The zero-order valence-corrected chi connectivity index (χ0v) is 14.0. The summed E-state index contributed by atoms with van der Waals surface area (Å²) in [6, 6.07) is 7.92. The van der Waals surface area contributed by atoms with Gasteiger partial charge in [-0.15, -0.1) is 0 Å². The number of likely N-dealkylation sites (tertiary alicyclic amines) is 1. The maximum Gasteiger partial charge on any atom is 0.253 e. The van der Waals surface area contributed by atoms with E-state index in [2.05, 4.69) is 15.0 Å². The number of rotatable bonds is 3. The van der Waals surface area contributed by atoms with Gasteiger partial charge in [-0.25, -0.2) is 9.67 Å². The Hall–Kier alpha value is -2.17. The minimum Gasteiger partial charge on any atom is -0.338 e. The first-order chi connectivity index (χ1) is 11.8. The molecule has 1 saturated carbocycles. The van der Waals surface area contributed by atoms with E-state index >= 15 is 0 Å². The topological polar surface area (TPSA) is 51.0 Å². The molecule has 126 valence electrons. The van der Waals surface area contributed by atoms with E-state index in [1.807, 2.05) is 24.3 Å². The Morgan fingerprint density at radius 3 is 2.62 bits per heavy atom. The number of amides is 1. The molecule has 2 aromatic rings. The van der Waals surface area contributed by atoms with Crippen LogP contribution in [0.3, 0.4) is 0 Å². The third kappa shape index (κ3) is 3.21. The summed E-state index contributed by atoms with van der Waals surface area (Å²) < 4.78 is 1.78. The molecule has 2 aliphatic rings. The molecule has 1 saturated heterocycles. The third-order valence-electron chi connectivity index (χ3n) is 5.59. The highest BCUT2D eigenvalue weighted by molar-refractivity contribution is 5.94. The van der Waals surface area contributed by atoms with Crippen molar-refractivity contribution in [1.29, 1.82) is 0 Å². The molecule has 1 aromatic heterocycles. The van der Waals surface area contributed by atoms with Gasteiger partial charge in [0.1, 0.15) is 12.7 Å². The van der Waals surface area contributed by atoms with Crippen molar-refractivity contribution in [3.8, 4) is 0 Å². The molecular weight excluding hydrogens is 300 g/mol. The van der Waals surface area contributed by atoms with Crippen molar-refractivity contribution in [1.82, 2.24) is 19.7 Å². The fourth-order valence-corrected chi connectivity index (χ4v) is 4.22. The van der Waals surface area contributed by atoms with E-state index in [1.54, 1.807) is 11.0 Å². The number of aromatic nitrogens is 3. The first-order valence-electron chi connectivity index (χ1n) is 9.00. The number of carbonyl (C=O) groups excluding carboxylic acids is 1. The summed E-state index contributed by atoms with van der Waals surface area (Å²) in [6.07, 6.45) is 9.79. The Balaban J connectivity index is 1.40. The molecule has 0 N–H and O–H groups in total. The molecule has 4 rings (SSSR count). The molecule has 1 aliphatic carbocycles. The molecule has 1 aromatic carbocycles. The van der Waals surface area contributed by atoms with E-state index in [4.69, 9.17) is 0 Å². The van der Waals surface area contributed by atoms with E-state index in [-0.39, 0.29) is 5.91 Å². The van der Waals surface area contributed by atoms with Crippen molar-refractivity contribution in [2.24, 2.45) is 11.8 Å². The Kier molecular flexibility index (Phi) is 4.32. The van der Waals surface area contributed by atoms with Crippen LogP contribution in [0.25, 0.3) is 0 Å². The number of fused-ring (bicyclic) bond motifs is 1. The van der Waals surface area contributed by atoms with Crippen molar-refractivity contribution < 1.29 is 4.79 Å². The minimum atomic E-state index is 0.186. The average Bonchev–Trinajstić information content (AvgIpc) is 3.14. The summed E-state index contributed by atoms with van der Waals surface area (Å²) in [5.74, 6) is 1.77. The molecule has 0 radical (unpaired) electrons. The Morgan fingerprint density at radius 1 is 1.08 bits per heavy atom. The molecular formula is C19H24N4O. The van der Waals surface area contributed by atoms with Crippen molar-refractivity contribution in [2.45, 2.75) is 38.6 Å². The largest absolute Gasteiger partial charge is 0.338 e. The highest BCUT2D eigenvalue weighted by Crippen LogP contribution is 2.36. The summed E-state index contributed by atoms with van der Waals surface area (Å²) in [7, 11) is 0. The highest BCUT2D eigenvalue weighted by Gasteiger charge is 2.33. The molecule has 5 heteroatoms.